The predicted molar refractivity (Wildman–Crippen MR) is 118 cm³/mol. The van der Waals surface area contributed by atoms with Crippen molar-refractivity contribution in [3.8, 4) is 11.5 Å². The standard InChI is InChI=1S/C22H17N3O8S/c1-3-30-21(27)18-11(2)23-22-24(19(18)12-4-6-14-15(8-12)32-10-31-14)20(26)16(34-22)9-13-5-7-17(33-13)25(28)29/h4-9,19H,3,10H2,1-2H3/b16-9-/t19-/m0/s1. The van der Waals surface area contributed by atoms with Crippen molar-refractivity contribution in [3.63, 3.8) is 0 Å². The topological polar surface area (TPSA) is 135 Å². The van der Waals surface area contributed by atoms with Crippen molar-refractivity contribution in [1.82, 2.24) is 4.57 Å². The molecule has 4 heterocycles. The number of nitrogens with zero attached hydrogens (tertiary/aromatic N) is 3. The van der Waals surface area contributed by atoms with Crippen LogP contribution in [0.4, 0.5) is 5.88 Å². The number of carbonyl (C=O) groups is 1. The first-order valence-electron chi connectivity index (χ1n) is 10.2. The number of hydrogen-bond donors (Lipinski definition) is 0. The number of carbonyl (C=O) groups excluding carboxylic acids is 1. The summed E-state index contributed by atoms with van der Waals surface area (Å²) >= 11 is 1.09. The van der Waals surface area contributed by atoms with E-state index >= 15 is 0 Å². The predicted octanol–water partition coefficient (Wildman–Crippen LogP) is 2.03. The van der Waals surface area contributed by atoms with Gasteiger partial charge in [0.15, 0.2) is 16.3 Å². The lowest BCUT2D eigenvalue weighted by atomic mass is 9.95. The zero-order valence-corrected chi connectivity index (χ0v) is 18.8. The van der Waals surface area contributed by atoms with E-state index in [1.807, 2.05) is 0 Å². The van der Waals surface area contributed by atoms with Gasteiger partial charge in [0, 0.05) is 6.08 Å². The van der Waals surface area contributed by atoms with Crippen LogP contribution in [0.3, 0.4) is 0 Å². The summed E-state index contributed by atoms with van der Waals surface area (Å²) in [5.41, 5.74) is 0.832. The number of furan rings is 1. The number of allylic oxidation sites excluding steroid dienone is 1. The highest BCUT2D eigenvalue weighted by atomic mass is 32.1. The van der Waals surface area contributed by atoms with Crippen molar-refractivity contribution in [2.24, 2.45) is 4.99 Å². The molecule has 2 aliphatic heterocycles. The minimum Gasteiger partial charge on any atom is -0.463 e. The van der Waals surface area contributed by atoms with Crippen LogP contribution in [0.1, 0.15) is 31.2 Å². The van der Waals surface area contributed by atoms with Crippen molar-refractivity contribution in [2.45, 2.75) is 19.9 Å². The highest BCUT2D eigenvalue weighted by Gasteiger charge is 2.34. The smallest absolute Gasteiger partial charge is 0.433 e. The van der Waals surface area contributed by atoms with Gasteiger partial charge in [-0.25, -0.2) is 9.79 Å². The minimum absolute atomic E-state index is 0.0798. The van der Waals surface area contributed by atoms with Gasteiger partial charge >= 0.3 is 11.9 Å². The van der Waals surface area contributed by atoms with E-state index in [1.54, 1.807) is 32.0 Å². The fourth-order valence-electron chi connectivity index (χ4n) is 3.84. The Morgan fingerprint density at radius 3 is 2.85 bits per heavy atom. The maximum absolute atomic E-state index is 13.5. The fourth-order valence-corrected chi connectivity index (χ4v) is 4.86. The van der Waals surface area contributed by atoms with E-state index in [0.717, 1.165) is 11.3 Å². The first kappa shape index (κ1) is 21.6. The van der Waals surface area contributed by atoms with Crippen molar-refractivity contribution in [3.05, 3.63) is 82.7 Å². The lowest BCUT2D eigenvalue weighted by molar-refractivity contribution is -0.402. The SMILES string of the molecule is CCOC(=O)C1=C(C)N=c2s/c(=C\c3ccc([N+](=O)[O-])o3)c(=O)n2[C@H]1c1ccc2c(c1)OCO2. The van der Waals surface area contributed by atoms with Crippen LogP contribution >= 0.6 is 11.3 Å². The van der Waals surface area contributed by atoms with Crippen LogP contribution < -0.4 is 24.4 Å². The molecule has 12 heteroatoms. The lowest BCUT2D eigenvalue weighted by Gasteiger charge is -2.24. The third-order valence-corrected chi connectivity index (χ3v) is 6.28. The van der Waals surface area contributed by atoms with Gasteiger partial charge in [-0.1, -0.05) is 17.4 Å². The van der Waals surface area contributed by atoms with Crippen molar-refractivity contribution in [1.29, 1.82) is 0 Å². The maximum Gasteiger partial charge on any atom is 0.433 e. The molecule has 0 saturated carbocycles. The van der Waals surface area contributed by atoms with Crippen LogP contribution in [0.15, 0.2) is 55.8 Å². The molecule has 2 aromatic heterocycles. The minimum atomic E-state index is -0.821. The van der Waals surface area contributed by atoms with Gasteiger partial charge in [0.2, 0.25) is 6.79 Å². The molecule has 174 valence electrons. The molecular weight excluding hydrogens is 466 g/mol. The third kappa shape index (κ3) is 3.57. The molecule has 0 saturated heterocycles. The summed E-state index contributed by atoms with van der Waals surface area (Å²) in [6, 6.07) is 6.98. The second-order valence-corrected chi connectivity index (χ2v) is 8.36. The van der Waals surface area contributed by atoms with E-state index < -0.39 is 28.4 Å². The van der Waals surface area contributed by atoms with E-state index in [-0.39, 0.29) is 29.3 Å². The molecule has 0 N–H and O–H groups in total. The Kier molecular flexibility index (Phi) is 5.28. The summed E-state index contributed by atoms with van der Waals surface area (Å²) in [6.07, 6.45) is 1.41. The zero-order valence-electron chi connectivity index (χ0n) is 18.0. The van der Waals surface area contributed by atoms with E-state index in [0.29, 0.717) is 27.6 Å². The van der Waals surface area contributed by atoms with Crippen LogP contribution in [0, 0.1) is 10.1 Å². The van der Waals surface area contributed by atoms with Crippen LogP contribution in [0.5, 0.6) is 11.5 Å². The van der Waals surface area contributed by atoms with Gasteiger partial charge < -0.3 is 18.6 Å². The Balaban J connectivity index is 1.70. The van der Waals surface area contributed by atoms with Gasteiger partial charge in [0.1, 0.15) is 10.7 Å². The Morgan fingerprint density at radius 2 is 2.12 bits per heavy atom. The average molecular weight is 483 g/mol. The quantitative estimate of drug-likeness (QED) is 0.306. The molecule has 1 aromatic carbocycles. The van der Waals surface area contributed by atoms with E-state index in [4.69, 9.17) is 18.6 Å². The largest absolute Gasteiger partial charge is 0.463 e. The van der Waals surface area contributed by atoms with Crippen LogP contribution in [-0.4, -0.2) is 28.9 Å². The first-order valence-corrected chi connectivity index (χ1v) is 11.0. The second-order valence-electron chi connectivity index (χ2n) is 7.35. The van der Waals surface area contributed by atoms with Crippen molar-refractivity contribution >= 4 is 29.3 Å². The molecule has 0 aliphatic carbocycles. The number of fused-ring (bicyclic) bond motifs is 2. The summed E-state index contributed by atoms with van der Waals surface area (Å²) in [5.74, 6) is 0.201. The monoisotopic (exact) mass is 483 g/mol. The van der Waals surface area contributed by atoms with Crippen molar-refractivity contribution in [2.75, 3.05) is 13.4 Å². The Bertz CT molecular complexity index is 1540. The third-order valence-electron chi connectivity index (χ3n) is 5.30. The Labute approximate surface area is 195 Å². The van der Waals surface area contributed by atoms with Crippen LogP contribution in [-0.2, 0) is 9.53 Å². The van der Waals surface area contributed by atoms with Gasteiger partial charge in [-0.3, -0.25) is 19.5 Å². The number of nitro groups is 1. The van der Waals surface area contributed by atoms with Crippen molar-refractivity contribution < 1.29 is 28.3 Å². The Hall–Kier alpha value is -4.19. The van der Waals surface area contributed by atoms with E-state index in [2.05, 4.69) is 4.99 Å². The zero-order chi connectivity index (χ0) is 24.0. The first-order chi connectivity index (χ1) is 16.4. The number of aromatic nitrogens is 1. The number of ether oxygens (including phenoxy) is 3. The molecule has 11 nitrogen and oxygen atoms in total. The fraction of sp³-hybridized carbons (Fsp3) is 0.227. The highest BCUT2D eigenvalue weighted by Crippen LogP contribution is 2.38. The maximum atomic E-state index is 13.5. The van der Waals surface area contributed by atoms with Gasteiger partial charge in [-0.05, 0) is 37.6 Å². The molecule has 0 bridgehead atoms. The molecule has 0 unspecified atom stereocenters. The molecule has 0 amide bonds. The molecule has 1 atom stereocenters. The number of rotatable bonds is 5. The van der Waals surface area contributed by atoms with Crippen LogP contribution in [0.25, 0.3) is 6.08 Å². The molecule has 0 spiro atoms. The molecule has 0 fully saturated rings. The van der Waals surface area contributed by atoms with Gasteiger partial charge in [-0.15, -0.1) is 0 Å². The molecular formula is C22H17N3O8S. The summed E-state index contributed by atoms with van der Waals surface area (Å²) < 4.78 is 23.0. The summed E-state index contributed by atoms with van der Waals surface area (Å²) in [4.78, 5) is 41.5. The number of benzene rings is 1. The molecule has 34 heavy (non-hydrogen) atoms. The highest BCUT2D eigenvalue weighted by molar-refractivity contribution is 7.07. The van der Waals surface area contributed by atoms with E-state index in [9.17, 15) is 19.7 Å². The van der Waals surface area contributed by atoms with E-state index in [1.165, 1.54) is 22.8 Å². The summed E-state index contributed by atoms with van der Waals surface area (Å²) in [6.45, 7) is 3.61. The van der Waals surface area contributed by atoms with Gasteiger partial charge in [0.25, 0.3) is 5.56 Å². The number of hydrogen-bond acceptors (Lipinski definition) is 10. The molecule has 2 aliphatic rings. The number of esters is 1. The summed E-state index contributed by atoms with van der Waals surface area (Å²) in [5, 5.41) is 10.9. The molecule has 0 radical (unpaired) electrons. The molecule has 5 rings (SSSR count). The normalized spacial score (nSPS) is 16.9. The Morgan fingerprint density at radius 1 is 1.32 bits per heavy atom. The van der Waals surface area contributed by atoms with Gasteiger partial charge in [0.05, 0.1) is 34.5 Å². The molecule has 3 aromatic rings. The van der Waals surface area contributed by atoms with Crippen LogP contribution in [0.2, 0.25) is 0 Å². The van der Waals surface area contributed by atoms with Gasteiger partial charge in [-0.2, -0.15) is 0 Å². The summed E-state index contributed by atoms with van der Waals surface area (Å²) in [7, 11) is 0. The second kappa shape index (κ2) is 8.30. The average Bonchev–Trinajstić information content (AvgIpc) is 3.52. The number of thiazole rings is 1. The lowest BCUT2D eigenvalue weighted by Crippen LogP contribution is -2.39.